The number of nitrogens with one attached hydrogen (secondary N) is 2. The van der Waals surface area contributed by atoms with Gasteiger partial charge in [-0.15, -0.1) is 11.3 Å². The molecule has 2 aromatic rings. The van der Waals surface area contributed by atoms with E-state index in [1.807, 2.05) is 5.38 Å². The summed E-state index contributed by atoms with van der Waals surface area (Å²) in [6, 6.07) is 6.67. The molecular weight excluding hydrogens is 416 g/mol. The number of primary amides is 1. The Balaban J connectivity index is 2.24. The lowest BCUT2D eigenvalue weighted by Gasteiger charge is -2.18. The number of thiophene rings is 1. The Bertz CT molecular complexity index is 959. The first-order chi connectivity index (χ1) is 13.6. The standard InChI is InChI=1S/C18H24N4O5S2/c1-4-27-14-8-7-12(10-16(14)29(25,26)22(2)3)20-17(23)11-13(21-18(19)24)15-6-5-9-28-15/h5-10,13H,4,11H2,1-3H3,(H,20,23)(H3,19,21,24). The van der Waals surface area contributed by atoms with Gasteiger partial charge in [0.05, 0.1) is 19.1 Å². The molecule has 0 saturated heterocycles. The van der Waals surface area contributed by atoms with Gasteiger partial charge in [0.2, 0.25) is 15.9 Å². The molecule has 11 heteroatoms. The van der Waals surface area contributed by atoms with Gasteiger partial charge < -0.3 is 21.1 Å². The summed E-state index contributed by atoms with van der Waals surface area (Å²) in [5.74, 6) is -0.208. The molecular formula is C18H24N4O5S2. The number of benzene rings is 1. The van der Waals surface area contributed by atoms with E-state index in [1.165, 1.54) is 37.6 Å². The van der Waals surface area contributed by atoms with E-state index in [0.29, 0.717) is 12.3 Å². The van der Waals surface area contributed by atoms with Crippen molar-refractivity contribution in [3.05, 3.63) is 40.6 Å². The largest absolute Gasteiger partial charge is 0.492 e. The van der Waals surface area contributed by atoms with Gasteiger partial charge in [-0.1, -0.05) is 6.07 Å². The molecule has 29 heavy (non-hydrogen) atoms. The second-order valence-corrected chi connectivity index (χ2v) is 9.31. The van der Waals surface area contributed by atoms with E-state index in [4.69, 9.17) is 10.5 Å². The maximum absolute atomic E-state index is 12.6. The summed E-state index contributed by atoms with van der Waals surface area (Å²) in [4.78, 5) is 24.5. The average molecular weight is 441 g/mol. The molecule has 0 aliphatic carbocycles. The normalized spacial score (nSPS) is 12.4. The van der Waals surface area contributed by atoms with Crippen LogP contribution in [0.4, 0.5) is 10.5 Å². The fourth-order valence-electron chi connectivity index (χ4n) is 2.54. The van der Waals surface area contributed by atoms with E-state index in [9.17, 15) is 18.0 Å². The highest BCUT2D eigenvalue weighted by Gasteiger charge is 2.24. The molecule has 0 fully saturated rings. The molecule has 3 amide bonds. The Morgan fingerprint density at radius 1 is 1.28 bits per heavy atom. The maximum atomic E-state index is 12.6. The van der Waals surface area contributed by atoms with E-state index in [-0.39, 0.29) is 17.1 Å². The van der Waals surface area contributed by atoms with Gasteiger partial charge in [0.1, 0.15) is 10.6 Å². The lowest BCUT2D eigenvalue weighted by Crippen LogP contribution is -2.34. The van der Waals surface area contributed by atoms with Crippen molar-refractivity contribution in [3.8, 4) is 5.75 Å². The number of nitrogens with zero attached hydrogens (tertiary/aromatic N) is 1. The topological polar surface area (TPSA) is 131 Å². The molecule has 0 aliphatic heterocycles. The molecule has 1 atom stereocenters. The van der Waals surface area contributed by atoms with E-state index >= 15 is 0 Å². The number of hydrogen-bond donors (Lipinski definition) is 3. The van der Waals surface area contributed by atoms with Crippen LogP contribution in [-0.2, 0) is 14.8 Å². The van der Waals surface area contributed by atoms with Crippen LogP contribution in [0.3, 0.4) is 0 Å². The number of ether oxygens (including phenoxy) is 1. The van der Waals surface area contributed by atoms with Crippen LogP contribution in [-0.4, -0.2) is 45.4 Å². The first-order valence-corrected chi connectivity index (χ1v) is 11.1. The van der Waals surface area contributed by atoms with E-state index in [1.54, 1.807) is 25.1 Å². The first-order valence-electron chi connectivity index (χ1n) is 8.73. The highest BCUT2D eigenvalue weighted by atomic mass is 32.2. The SMILES string of the molecule is CCOc1ccc(NC(=O)CC(NC(N)=O)c2cccs2)cc1S(=O)(=O)N(C)C. The zero-order valence-corrected chi connectivity index (χ0v) is 18.0. The first kappa shape index (κ1) is 22.7. The van der Waals surface area contributed by atoms with Crippen LogP contribution in [0.5, 0.6) is 5.75 Å². The quantitative estimate of drug-likeness (QED) is 0.550. The van der Waals surface area contributed by atoms with E-state index < -0.39 is 28.0 Å². The zero-order chi connectivity index (χ0) is 21.6. The van der Waals surface area contributed by atoms with Crippen LogP contribution < -0.4 is 21.1 Å². The molecule has 0 spiro atoms. The Kier molecular flexibility index (Phi) is 7.59. The van der Waals surface area contributed by atoms with Gasteiger partial charge >= 0.3 is 6.03 Å². The molecule has 1 unspecified atom stereocenters. The predicted molar refractivity (Wildman–Crippen MR) is 112 cm³/mol. The second-order valence-electron chi connectivity index (χ2n) is 6.21. The van der Waals surface area contributed by atoms with Crippen molar-refractivity contribution in [2.24, 2.45) is 5.73 Å². The van der Waals surface area contributed by atoms with Crippen LogP contribution >= 0.6 is 11.3 Å². The van der Waals surface area contributed by atoms with Crippen molar-refractivity contribution < 1.29 is 22.7 Å². The second kappa shape index (κ2) is 9.72. The Hall–Kier alpha value is -2.63. The Morgan fingerprint density at radius 3 is 2.55 bits per heavy atom. The predicted octanol–water partition coefficient (Wildman–Crippen LogP) is 2.14. The van der Waals surface area contributed by atoms with Crippen LogP contribution in [0.2, 0.25) is 0 Å². The number of sulfonamides is 1. The summed E-state index contributed by atoms with van der Waals surface area (Å²) in [6.45, 7) is 2.04. The van der Waals surface area contributed by atoms with E-state index in [0.717, 1.165) is 9.18 Å². The number of nitrogens with two attached hydrogens (primary N) is 1. The highest BCUT2D eigenvalue weighted by molar-refractivity contribution is 7.89. The van der Waals surface area contributed by atoms with Crippen molar-refractivity contribution >= 4 is 39.0 Å². The molecule has 1 aromatic heterocycles. The number of urea groups is 1. The minimum Gasteiger partial charge on any atom is -0.492 e. The molecule has 2 rings (SSSR count). The van der Waals surface area contributed by atoms with Crippen LogP contribution in [0.15, 0.2) is 40.6 Å². The molecule has 0 bridgehead atoms. The van der Waals surface area contributed by atoms with Gasteiger partial charge in [-0.05, 0) is 36.6 Å². The van der Waals surface area contributed by atoms with Gasteiger partial charge in [-0.25, -0.2) is 17.5 Å². The maximum Gasteiger partial charge on any atom is 0.312 e. The molecule has 0 radical (unpaired) electrons. The highest BCUT2D eigenvalue weighted by Crippen LogP contribution is 2.30. The number of hydrogen-bond acceptors (Lipinski definition) is 6. The number of anilines is 1. The van der Waals surface area contributed by atoms with Gasteiger partial charge in [0.25, 0.3) is 0 Å². The number of carbonyl (C=O) groups excluding carboxylic acids is 2. The van der Waals surface area contributed by atoms with Crippen LogP contribution in [0, 0.1) is 0 Å². The smallest absolute Gasteiger partial charge is 0.312 e. The lowest BCUT2D eigenvalue weighted by molar-refractivity contribution is -0.116. The van der Waals surface area contributed by atoms with Crippen molar-refractivity contribution in [2.75, 3.05) is 26.0 Å². The summed E-state index contributed by atoms with van der Waals surface area (Å²) in [7, 11) is -0.949. The number of carbonyl (C=O) groups is 2. The van der Waals surface area contributed by atoms with Crippen molar-refractivity contribution in [1.29, 1.82) is 0 Å². The molecule has 9 nitrogen and oxygen atoms in total. The third-order valence-electron chi connectivity index (χ3n) is 3.88. The van der Waals surface area contributed by atoms with Crippen LogP contribution in [0.1, 0.15) is 24.3 Å². The minimum atomic E-state index is -3.78. The van der Waals surface area contributed by atoms with Crippen molar-refractivity contribution in [2.45, 2.75) is 24.3 Å². The summed E-state index contributed by atoms with van der Waals surface area (Å²) in [5.41, 5.74) is 5.50. The lowest BCUT2D eigenvalue weighted by atomic mass is 10.1. The van der Waals surface area contributed by atoms with Gasteiger partial charge in [0, 0.05) is 24.7 Å². The Morgan fingerprint density at radius 2 is 2.00 bits per heavy atom. The molecule has 1 heterocycles. The van der Waals surface area contributed by atoms with Gasteiger partial charge in [-0.2, -0.15) is 0 Å². The monoisotopic (exact) mass is 440 g/mol. The average Bonchev–Trinajstić information content (AvgIpc) is 3.16. The third kappa shape index (κ3) is 5.92. The molecule has 0 aliphatic rings. The third-order valence-corrected chi connectivity index (χ3v) is 6.70. The molecule has 4 N–H and O–H groups in total. The van der Waals surface area contributed by atoms with Crippen molar-refractivity contribution in [3.63, 3.8) is 0 Å². The number of rotatable bonds is 9. The van der Waals surface area contributed by atoms with Crippen molar-refractivity contribution in [1.82, 2.24) is 9.62 Å². The summed E-state index contributed by atoms with van der Waals surface area (Å²) >= 11 is 1.39. The Labute approximate surface area is 173 Å². The summed E-state index contributed by atoms with van der Waals surface area (Å²) in [6.07, 6.45) is -0.0631. The molecule has 1 aromatic carbocycles. The fraction of sp³-hybridized carbons (Fsp3) is 0.333. The molecule has 0 saturated carbocycles. The van der Waals surface area contributed by atoms with E-state index in [2.05, 4.69) is 10.6 Å². The summed E-state index contributed by atoms with van der Waals surface area (Å²) < 4.78 is 31.7. The fourth-order valence-corrected chi connectivity index (χ4v) is 4.37. The summed E-state index contributed by atoms with van der Waals surface area (Å²) in [5, 5.41) is 7.03. The van der Waals surface area contributed by atoms with Crippen LogP contribution in [0.25, 0.3) is 0 Å². The number of amides is 3. The van der Waals surface area contributed by atoms with Gasteiger partial charge in [0.15, 0.2) is 0 Å². The minimum absolute atomic E-state index is 0.0489. The molecule has 158 valence electrons. The van der Waals surface area contributed by atoms with Gasteiger partial charge in [-0.3, -0.25) is 4.79 Å². The zero-order valence-electron chi connectivity index (χ0n) is 16.3.